The summed E-state index contributed by atoms with van der Waals surface area (Å²) in [5.74, 6) is 0. The molecule has 0 saturated heterocycles. The molecular weight excluding hydrogens is 1200 g/mol. The maximum absolute atomic E-state index is 2.86. The number of fused-ring (bicyclic) bond motifs is 13. The molecule has 1 fully saturated rings. The van der Waals surface area contributed by atoms with E-state index in [9.17, 15) is 0 Å². The van der Waals surface area contributed by atoms with Crippen LogP contribution in [0.2, 0.25) is 0 Å². The highest BCUT2D eigenvalue weighted by atomic mass is 32.1. The minimum absolute atomic E-state index is 0.00812. The van der Waals surface area contributed by atoms with Crippen LogP contribution < -0.4 is 30.4 Å². The number of hydrogen-bond donors (Lipinski definition) is 0. The third-order valence-electron chi connectivity index (χ3n) is 24.9. The summed E-state index contributed by atoms with van der Waals surface area (Å²) in [6, 6.07) is 69.5. The largest absolute Gasteiger partial charge is 0.311 e. The number of thiophene rings is 1. The van der Waals surface area contributed by atoms with Crippen LogP contribution in [-0.4, -0.2) is 6.71 Å². The second kappa shape index (κ2) is 21.7. The molecule has 98 heavy (non-hydrogen) atoms. The van der Waals surface area contributed by atoms with E-state index in [1.165, 1.54) is 170 Å². The van der Waals surface area contributed by atoms with Crippen molar-refractivity contribution in [2.75, 3.05) is 14.7 Å². The van der Waals surface area contributed by atoms with Gasteiger partial charge in [-0.05, 0) is 238 Å². The molecule has 0 atom stereocenters. The third-order valence-corrected chi connectivity index (χ3v) is 26.1. The molecule has 0 bridgehead atoms. The fraction of sp³-hybridized carbons (Fsp3) is 0.398. The van der Waals surface area contributed by atoms with E-state index in [4.69, 9.17) is 0 Å². The lowest BCUT2D eigenvalue weighted by molar-refractivity contribution is 0.332. The third kappa shape index (κ3) is 10.1. The number of anilines is 9. The summed E-state index contributed by atoms with van der Waals surface area (Å²) in [7, 11) is 0. The molecule has 0 N–H and O–H groups in total. The summed E-state index contributed by atoms with van der Waals surface area (Å²) in [6.07, 6.45) is 9.45. The molecule has 1 aromatic heterocycles. The molecule has 3 heterocycles. The molecule has 1 saturated carbocycles. The van der Waals surface area contributed by atoms with E-state index in [2.05, 4.69) is 334 Å². The van der Waals surface area contributed by atoms with Gasteiger partial charge in [0.15, 0.2) is 0 Å². The second-order valence-electron chi connectivity index (χ2n) is 37.5. The van der Waals surface area contributed by atoms with Gasteiger partial charge in [-0.2, -0.15) is 0 Å². The van der Waals surface area contributed by atoms with Crippen LogP contribution in [0.1, 0.15) is 245 Å². The van der Waals surface area contributed by atoms with Gasteiger partial charge in [0.1, 0.15) is 0 Å². The van der Waals surface area contributed by atoms with Crippen LogP contribution in [0.4, 0.5) is 51.2 Å². The molecule has 4 aliphatic carbocycles. The molecule has 5 heteroatoms. The van der Waals surface area contributed by atoms with Crippen LogP contribution in [0, 0.1) is 0 Å². The van der Waals surface area contributed by atoms with Crippen molar-refractivity contribution in [3.05, 3.63) is 225 Å². The lowest BCUT2D eigenvalue weighted by Crippen LogP contribution is -2.61. The predicted octanol–water partition coefficient (Wildman–Crippen LogP) is 24.8. The van der Waals surface area contributed by atoms with E-state index in [1.54, 1.807) is 0 Å². The molecule has 16 rings (SSSR count). The first-order valence-electron chi connectivity index (χ1n) is 37.1. The molecular formula is C93H104BN3S. The zero-order chi connectivity index (χ0) is 69.1. The summed E-state index contributed by atoms with van der Waals surface area (Å²) in [6.45, 7) is 48.2. The van der Waals surface area contributed by atoms with Gasteiger partial charge in [-0.25, -0.2) is 0 Å². The zero-order valence-electron chi connectivity index (χ0n) is 62.6. The van der Waals surface area contributed by atoms with E-state index in [-0.39, 0.29) is 55.4 Å². The Morgan fingerprint density at radius 3 is 1.42 bits per heavy atom. The van der Waals surface area contributed by atoms with Gasteiger partial charge >= 0.3 is 0 Å². The average Bonchev–Trinajstić information content (AvgIpc) is 1.33. The molecule has 1 spiro atoms. The molecule has 2 aliphatic heterocycles. The molecule has 3 nitrogen and oxygen atoms in total. The quantitative estimate of drug-likeness (QED) is 0.154. The van der Waals surface area contributed by atoms with Gasteiger partial charge in [-0.1, -0.05) is 248 Å². The van der Waals surface area contributed by atoms with E-state index < -0.39 is 0 Å². The van der Waals surface area contributed by atoms with Gasteiger partial charge in [-0.15, -0.1) is 11.3 Å². The van der Waals surface area contributed by atoms with Crippen molar-refractivity contribution in [1.82, 2.24) is 0 Å². The standard InChI is InChI=1S/C93H104BN3S/c1-85(2,3)59-32-38-63(39-33-59)95(64-40-34-60(35-41-64)86(4,5)6)66-51-78-82-79(52-66)97(76-29-25-28-70-81(76)67-26-21-22-27-69(67)93(70)42-23-24-43-93)83-68-53-71-74(92(19,20)47-44-89(71,13)14)56-80(68)98-84(83)94(82)75-54-72-73(91(17,18)46-45-90(72,15)16)55-77(75)96(78)65-36-30-57(31-37-65)58-48-61(87(7,8)9)50-62(49-58)88(10,11)12/h21-22,25-41,48-56H,23-24,42-47H2,1-20H3. The average molecular weight is 1310 g/mol. The van der Waals surface area contributed by atoms with Gasteiger partial charge in [0.2, 0.25) is 0 Å². The summed E-state index contributed by atoms with van der Waals surface area (Å²) in [5.41, 5.74) is 33.4. The number of rotatable bonds is 6. The highest BCUT2D eigenvalue weighted by Gasteiger charge is 2.52. The van der Waals surface area contributed by atoms with Crippen molar-refractivity contribution in [3.63, 3.8) is 0 Å². The SMILES string of the molecule is CC(C)(C)c1ccc(N(c2ccc(C(C)(C)C)cc2)c2cc3c4c(c2)N(c2cccc5c2-c2ccccc2C52CCCC2)c2c(sc5cc6c(cc25)C(C)(C)CCC6(C)C)B4c2cc4c(cc2N3c2ccc(-c3cc(C(C)(C)C)cc(C(C)(C)C)c3)cc2)C(C)(C)CCC4(C)C)cc1. The van der Waals surface area contributed by atoms with Crippen molar-refractivity contribution in [1.29, 1.82) is 0 Å². The maximum atomic E-state index is 2.86. The minimum atomic E-state index is -0.0702. The first-order valence-corrected chi connectivity index (χ1v) is 38.0. The van der Waals surface area contributed by atoms with Gasteiger partial charge in [-0.3, -0.25) is 0 Å². The van der Waals surface area contributed by atoms with Crippen molar-refractivity contribution < 1.29 is 0 Å². The van der Waals surface area contributed by atoms with Crippen molar-refractivity contribution in [2.24, 2.45) is 0 Å². The first-order chi connectivity index (χ1) is 46.0. The Kier molecular flexibility index (Phi) is 14.4. The van der Waals surface area contributed by atoms with E-state index in [0.29, 0.717) is 0 Å². The molecule has 0 unspecified atom stereocenters. The van der Waals surface area contributed by atoms with Crippen LogP contribution in [0.25, 0.3) is 32.3 Å². The Hall–Kier alpha value is -7.60. The monoisotopic (exact) mass is 1310 g/mol. The second-order valence-corrected chi connectivity index (χ2v) is 38.6. The van der Waals surface area contributed by atoms with Crippen molar-refractivity contribution in [3.8, 4) is 22.3 Å². The van der Waals surface area contributed by atoms with Gasteiger partial charge in [0, 0.05) is 60.0 Å². The first kappa shape index (κ1) is 65.0. The smallest absolute Gasteiger partial charge is 0.264 e. The molecule has 9 aromatic carbocycles. The fourth-order valence-corrected chi connectivity index (χ4v) is 19.9. The summed E-state index contributed by atoms with van der Waals surface area (Å²) in [5, 5.41) is 1.38. The fourth-order valence-electron chi connectivity index (χ4n) is 18.6. The minimum Gasteiger partial charge on any atom is -0.311 e. The van der Waals surface area contributed by atoms with Gasteiger partial charge in [0.25, 0.3) is 6.71 Å². The highest BCUT2D eigenvalue weighted by Crippen LogP contribution is 2.62. The molecule has 500 valence electrons. The summed E-state index contributed by atoms with van der Waals surface area (Å²) in [4.78, 5) is 8.19. The van der Waals surface area contributed by atoms with E-state index in [0.717, 1.165) is 36.3 Å². The number of nitrogens with zero attached hydrogens (tertiary/aromatic N) is 3. The van der Waals surface area contributed by atoms with Crippen LogP contribution in [0.3, 0.4) is 0 Å². The Morgan fingerprint density at radius 1 is 0.388 bits per heavy atom. The molecule has 0 amide bonds. The topological polar surface area (TPSA) is 9.72 Å². The summed E-state index contributed by atoms with van der Waals surface area (Å²) >= 11 is 2.09. The number of benzene rings is 9. The molecule has 6 aliphatic rings. The van der Waals surface area contributed by atoms with Crippen molar-refractivity contribution >= 4 is 95.0 Å². The Labute approximate surface area is 592 Å². The Morgan fingerprint density at radius 2 is 0.878 bits per heavy atom. The van der Waals surface area contributed by atoms with Gasteiger partial charge in [0.05, 0.1) is 17.1 Å². The normalized spacial score (nSPS) is 18.2. The van der Waals surface area contributed by atoms with E-state index in [1.807, 2.05) is 0 Å². The highest BCUT2D eigenvalue weighted by molar-refractivity contribution is 7.33. The molecule has 0 radical (unpaired) electrons. The molecule has 10 aromatic rings. The van der Waals surface area contributed by atoms with Crippen LogP contribution in [0.15, 0.2) is 170 Å². The van der Waals surface area contributed by atoms with Crippen LogP contribution >= 0.6 is 11.3 Å². The Balaban J connectivity index is 1.06. The van der Waals surface area contributed by atoms with Crippen LogP contribution in [0.5, 0.6) is 0 Å². The zero-order valence-corrected chi connectivity index (χ0v) is 63.5. The van der Waals surface area contributed by atoms with Gasteiger partial charge < -0.3 is 14.7 Å². The number of hydrogen-bond acceptors (Lipinski definition) is 4. The van der Waals surface area contributed by atoms with Crippen molar-refractivity contribution in [2.45, 2.75) is 239 Å². The van der Waals surface area contributed by atoms with Crippen LogP contribution in [-0.2, 0) is 48.7 Å². The summed E-state index contributed by atoms with van der Waals surface area (Å²) < 4.78 is 2.84. The maximum Gasteiger partial charge on any atom is 0.264 e. The van der Waals surface area contributed by atoms with E-state index >= 15 is 0 Å². The Bertz CT molecular complexity index is 4810. The lowest BCUT2D eigenvalue weighted by Gasteiger charge is -2.47. The predicted molar refractivity (Wildman–Crippen MR) is 426 cm³/mol. The lowest BCUT2D eigenvalue weighted by atomic mass is 9.35.